The van der Waals surface area contributed by atoms with Gasteiger partial charge < -0.3 is 0 Å². The SMILES string of the molecule is O=C(Cl)c1cncc(C(F)(F)F)c1C(F)(F)F. The second-order valence-electron chi connectivity index (χ2n) is 2.88. The third-order valence-corrected chi connectivity index (χ3v) is 1.95. The number of alkyl halides is 6. The van der Waals surface area contributed by atoms with Gasteiger partial charge in [-0.3, -0.25) is 9.78 Å². The summed E-state index contributed by atoms with van der Waals surface area (Å²) in [5, 5.41) is -1.66. The summed E-state index contributed by atoms with van der Waals surface area (Å²) in [7, 11) is 0. The van der Waals surface area contributed by atoms with E-state index in [0.29, 0.717) is 6.20 Å². The Bertz CT molecular complexity index is 452. The molecule has 9 heteroatoms. The van der Waals surface area contributed by atoms with Gasteiger partial charge in [0.1, 0.15) is 0 Å². The van der Waals surface area contributed by atoms with Gasteiger partial charge >= 0.3 is 12.4 Å². The van der Waals surface area contributed by atoms with Crippen LogP contribution in [0.25, 0.3) is 0 Å². The standard InChI is InChI=1S/C8H2ClF6NO/c9-6(17)3-1-16-2-4(7(10,11)12)5(3)8(13,14)15/h1-2H. The minimum atomic E-state index is -5.35. The zero-order chi connectivity index (χ0) is 13.4. The van der Waals surface area contributed by atoms with Crippen molar-refractivity contribution in [1.82, 2.24) is 4.98 Å². The maximum Gasteiger partial charge on any atom is 0.418 e. The minimum Gasteiger partial charge on any atom is -0.276 e. The lowest BCUT2D eigenvalue weighted by Crippen LogP contribution is -2.20. The van der Waals surface area contributed by atoms with Crippen molar-refractivity contribution in [2.45, 2.75) is 12.4 Å². The van der Waals surface area contributed by atoms with Crippen LogP contribution in [0.15, 0.2) is 12.4 Å². The van der Waals surface area contributed by atoms with E-state index >= 15 is 0 Å². The molecular weight excluding hydrogens is 276 g/mol. The number of pyridine rings is 1. The first-order valence-electron chi connectivity index (χ1n) is 3.87. The number of aromatic nitrogens is 1. The molecule has 0 spiro atoms. The van der Waals surface area contributed by atoms with E-state index in [1.54, 1.807) is 0 Å². The summed E-state index contributed by atoms with van der Waals surface area (Å²) in [5.74, 6) is 0. The Morgan fingerprint density at radius 1 is 1.06 bits per heavy atom. The largest absolute Gasteiger partial charge is 0.418 e. The normalized spacial score (nSPS) is 12.6. The molecule has 0 aliphatic carbocycles. The highest BCUT2D eigenvalue weighted by Gasteiger charge is 2.46. The molecule has 94 valence electrons. The molecule has 0 aliphatic rings. The van der Waals surface area contributed by atoms with Gasteiger partial charge in [0.15, 0.2) is 0 Å². The van der Waals surface area contributed by atoms with E-state index < -0.39 is 34.3 Å². The lowest BCUT2D eigenvalue weighted by molar-refractivity contribution is -0.162. The van der Waals surface area contributed by atoms with Crippen molar-refractivity contribution in [3.63, 3.8) is 0 Å². The molecule has 0 saturated heterocycles. The Kier molecular flexibility index (Phi) is 3.37. The summed E-state index contributed by atoms with van der Waals surface area (Å²) >= 11 is 4.79. The molecule has 0 aromatic carbocycles. The Hall–Kier alpha value is -1.31. The summed E-state index contributed by atoms with van der Waals surface area (Å²) in [5.41, 5.74) is -5.49. The van der Waals surface area contributed by atoms with Crippen molar-refractivity contribution < 1.29 is 31.1 Å². The van der Waals surface area contributed by atoms with Crippen LogP contribution < -0.4 is 0 Å². The van der Waals surface area contributed by atoms with E-state index in [4.69, 9.17) is 11.6 Å². The van der Waals surface area contributed by atoms with Crippen molar-refractivity contribution >= 4 is 16.8 Å². The van der Waals surface area contributed by atoms with Gasteiger partial charge in [-0.1, -0.05) is 0 Å². The van der Waals surface area contributed by atoms with Crippen LogP contribution in [-0.4, -0.2) is 10.2 Å². The molecule has 0 fully saturated rings. The first-order chi connectivity index (χ1) is 7.55. The molecule has 1 aromatic heterocycles. The van der Waals surface area contributed by atoms with E-state index in [2.05, 4.69) is 4.98 Å². The average Bonchev–Trinajstić information content (AvgIpc) is 2.13. The molecule has 17 heavy (non-hydrogen) atoms. The summed E-state index contributed by atoms with van der Waals surface area (Å²) in [6.45, 7) is 0. The van der Waals surface area contributed by atoms with E-state index in [1.807, 2.05) is 0 Å². The highest BCUT2D eigenvalue weighted by Crippen LogP contribution is 2.41. The van der Waals surface area contributed by atoms with Crippen LogP contribution in [0.2, 0.25) is 0 Å². The van der Waals surface area contributed by atoms with Crippen LogP contribution in [0.4, 0.5) is 26.3 Å². The van der Waals surface area contributed by atoms with Gasteiger partial charge in [0.2, 0.25) is 0 Å². The second-order valence-corrected chi connectivity index (χ2v) is 3.22. The number of nitrogens with zero attached hydrogens (tertiary/aromatic N) is 1. The fraction of sp³-hybridized carbons (Fsp3) is 0.250. The third kappa shape index (κ3) is 2.87. The van der Waals surface area contributed by atoms with E-state index in [0.717, 1.165) is 0 Å². The quantitative estimate of drug-likeness (QED) is 0.581. The zero-order valence-corrected chi connectivity index (χ0v) is 8.41. The topological polar surface area (TPSA) is 30.0 Å². The summed E-state index contributed by atoms with van der Waals surface area (Å²) in [4.78, 5) is 13.6. The van der Waals surface area contributed by atoms with Crippen LogP contribution in [0, 0.1) is 0 Å². The molecule has 0 unspecified atom stereocenters. The number of hydrogen-bond donors (Lipinski definition) is 0. The Morgan fingerprint density at radius 2 is 1.59 bits per heavy atom. The molecule has 0 saturated carbocycles. The molecule has 1 heterocycles. The zero-order valence-electron chi connectivity index (χ0n) is 7.66. The molecule has 0 N–H and O–H groups in total. The minimum absolute atomic E-state index is 0.00779. The van der Waals surface area contributed by atoms with E-state index in [9.17, 15) is 31.1 Å². The van der Waals surface area contributed by atoms with Gasteiger partial charge in [-0.2, -0.15) is 26.3 Å². The van der Waals surface area contributed by atoms with E-state index in [1.165, 1.54) is 0 Å². The van der Waals surface area contributed by atoms with Gasteiger partial charge in [-0.15, -0.1) is 0 Å². The highest BCUT2D eigenvalue weighted by molar-refractivity contribution is 6.67. The predicted octanol–water partition coefficient (Wildman–Crippen LogP) is 3.50. The van der Waals surface area contributed by atoms with Gasteiger partial charge in [-0.25, -0.2) is 0 Å². The smallest absolute Gasteiger partial charge is 0.276 e. The van der Waals surface area contributed by atoms with Gasteiger partial charge in [0.05, 0.1) is 16.7 Å². The molecule has 0 bridgehead atoms. The molecule has 0 radical (unpaired) electrons. The highest BCUT2D eigenvalue weighted by atomic mass is 35.5. The monoisotopic (exact) mass is 277 g/mol. The van der Waals surface area contributed by atoms with Crippen LogP contribution in [-0.2, 0) is 12.4 Å². The van der Waals surface area contributed by atoms with Gasteiger partial charge in [-0.05, 0) is 11.6 Å². The van der Waals surface area contributed by atoms with Crippen molar-refractivity contribution in [1.29, 1.82) is 0 Å². The van der Waals surface area contributed by atoms with Gasteiger partial charge in [0, 0.05) is 12.4 Å². The maximum absolute atomic E-state index is 12.5. The molecule has 2 nitrogen and oxygen atoms in total. The first-order valence-corrected chi connectivity index (χ1v) is 4.25. The lowest BCUT2D eigenvalue weighted by Gasteiger charge is -2.16. The molecular formula is C8H2ClF6NO. The molecule has 1 rings (SSSR count). The maximum atomic E-state index is 12.5. The van der Waals surface area contributed by atoms with Crippen molar-refractivity contribution in [3.8, 4) is 0 Å². The van der Waals surface area contributed by atoms with Crippen LogP contribution >= 0.6 is 11.6 Å². The molecule has 1 aromatic rings. The van der Waals surface area contributed by atoms with Crippen molar-refractivity contribution in [2.24, 2.45) is 0 Å². The second kappa shape index (κ2) is 4.17. The Balaban J connectivity index is 3.64. The number of hydrogen-bond acceptors (Lipinski definition) is 2. The van der Waals surface area contributed by atoms with Crippen molar-refractivity contribution in [2.75, 3.05) is 0 Å². The fourth-order valence-electron chi connectivity index (χ4n) is 1.13. The van der Waals surface area contributed by atoms with Crippen LogP contribution in [0.3, 0.4) is 0 Å². The van der Waals surface area contributed by atoms with Crippen LogP contribution in [0.1, 0.15) is 21.5 Å². The van der Waals surface area contributed by atoms with Crippen LogP contribution in [0.5, 0.6) is 0 Å². The number of carbonyl (C=O) groups is 1. The summed E-state index contributed by atoms with van der Waals surface area (Å²) < 4.78 is 74.4. The fourth-order valence-corrected chi connectivity index (χ4v) is 1.27. The van der Waals surface area contributed by atoms with E-state index in [-0.39, 0.29) is 6.20 Å². The summed E-state index contributed by atoms with van der Waals surface area (Å²) in [6.07, 6.45) is -10.3. The summed E-state index contributed by atoms with van der Waals surface area (Å²) in [6, 6.07) is 0. The third-order valence-electron chi connectivity index (χ3n) is 1.75. The molecule has 0 atom stereocenters. The lowest BCUT2D eigenvalue weighted by atomic mass is 10.0. The van der Waals surface area contributed by atoms with Crippen molar-refractivity contribution in [3.05, 3.63) is 29.1 Å². The Morgan fingerprint density at radius 3 is 1.94 bits per heavy atom. The number of halogens is 7. The average molecular weight is 278 g/mol. The predicted molar refractivity (Wildman–Crippen MR) is 44.4 cm³/mol. The number of carbonyl (C=O) groups excluding carboxylic acids is 1. The molecule has 0 aliphatic heterocycles. The molecule has 0 amide bonds. The van der Waals surface area contributed by atoms with Gasteiger partial charge in [0.25, 0.3) is 5.24 Å². The number of rotatable bonds is 1. The Labute approximate surface area is 95.2 Å². The first kappa shape index (κ1) is 13.8.